The van der Waals surface area contributed by atoms with Crippen molar-refractivity contribution in [1.29, 1.82) is 0 Å². The first-order valence-corrected chi connectivity index (χ1v) is 6.82. The number of halogens is 3. The minimum Gasteiger partial charge on any atom is -0.508 e. The molecule has 21 heavy (non-hydrogen) atoms. The molecule has 0 spiro atoms. The minimum absolute atomic E-state index is 0.0387. The molecule has 0 aliphatic carbocycles. The molecule has 0 saturated heterocycles. The van der Waals surface area contributed by atoms with Crippen LogP contribution in [0, 0.1) is 0 Å². The maximum Gasteiger partial charge on any atom is 0.259 e. The van der Waals surface area contributed by atoms with E-state index in [2.05, 4.69) is 15.1 Å². The van der Waals surface area contributed by atoms with Crippen molar-refractivity contribution in [2.45, 2.75) is 0 Å². The molecule has 5 nitrogen and oxygen atoms in total. The van der Waals surface area contributed by atoms with E-state index in [1.807, 2.05) is 0 Å². The number of benzene rings is 1. The highest BCUT2D eigenvalue weighted by atomic mass is 35.5. The second-order valence-corrected chi connectivity index (χ2v) is 5.32. The maximum absolute atomic E-state index is 9.50. The first-order chi connectivity index (χ1) is 10.0. The van der Waals surface area contributed by atoms with Gasteiger partial charge in [0, 0.05) is 6.20 Å². The van der Waals surface area contributed by atoms with Crippen LogP contribution >= 0.6 is 34.8 Å². The molecule has 8 heteroatoms. The van der Waals surface area contributed by atoms with Gasteiger partial charge in [0.25, 0.3) is 5.89 Å². The predicted molar refractivity (Wildman–Crippen MR) is 79.7 cm³/mol. The lowest BCUT2D eigenvalue weighted by atomic mass is 10.2. The smallest absolute Gasteiger partial charge is 0.259 e. The van der Waals surface area contributed by atoms with Crippen molar-refractivity contribution in [3.8, 4) is 28.7 Å². The number of aromatic nitrogens is 3. The van der Waals surface area contributed by atoms with E-state index in [9.17, 15) is 5.11 Å². The summed E-state index contributed by atoms with van der Waals surface area (Å²) in [7, 11) is 0. The Hall–Kier alpha value is -1.82. The van der Waals surface area contributed by atoms with Gasteiger partial charge in [-0.25, -0.2) is 4.98 Å². The molecule has 0 unspecified atom stereocenters. The monoisotopic (exact) mass is 341 g/mol. The Labute approximate surface area is 134 Å². The third-order valence-electron chi connectivity index (χ3n) is 2.63. The zero-order valence-corrected chi connectivity index (χ0v) is 12.5. The molecule has 106 valence electrons. The standard InChI is InChI=1S/C13H6Cl3N3O2/c14-6-3-10(16)11(17-5-6)12-18-13(21-19-12)8-4-7(20)1-2-9(8)15/h1-5,20H. The number of aromatic hydroxyl groups is 1. The number of phenols is 1. The van der Waals surface area contributed by atoms with Crippen LogP contribution in [0.3, 0.4) is 0 Å². The first-order valence-electron chi connectivity index (χ1n) is 5.68. The summed E-state index contributed by atoms with van der Waals surface area (Å²) in [5, 5.41) is 14.4. The summed E-state index contributed by atoms with van der Waals surface area (Å²) in [4.78, 5) is 8.24. The van der Waals surface area contributed by atoms with E-state index in [-0.39, 0.29) is 17.5 Å². The maximum atomic E-state index is 9.50. The van der Waals surface area contributed by atoms with Crippen molar-refractivity contribution in [3.63, 3.8) is 0 Å². The predicted octanol–water partition coefficient (Wildman–Crippen LogP) is 4.46. The van der Waals surface area contributed by atoms with Gasteiger partial charge < -0.3 is 9.63 Å². The highest BCUT2D eigenvalue weighted by molar-refractivity contribution is 6.36. The fourth-order valence-electron chi connectivity index (χ4n) is 1.69. The summed E-state index contributed by atoms with van der Waals surface area (Å²) < 4.78 is 5.14. The molecule has 0 amide bonds. The van der Waals surface area contributed by atoms with Crippen molar-refractivity contribution in [1.82, 2.24) is 15.1 Å². The topological polar surface area (TPSA) is 72.0 Å². The quantitative estimate of drug-likeness (QED) is 0.744. The van der Waals surface area contributed by atoms with Gasteiger partial charge in [-0.3, -0.25) is 0 Å². The van der Waals surface area contributed by atoms with E-state index in [4.69, 9.17) is 39.3 Å². The molecule has 3 rings (SSSR count). The van der Waals surface area contributed by atoms with Crippen LogP contribution in [0.1, 0.15) is 0 Å². The third kappa shape index (κ3) is 2.81. The summed E-state index contributed by atoms with van der Waals surface area (Å²) in [6, 6.07) is 5.95. The zero-order chi connectivity index (χ0) is 15.0. The summed E-state index contributed by atoms with van der Waals surface area (Å²) >= 11 is 17.9. The van der Waals surface area contributed by atoms with Crippen LogP contribution in [0.15, 0.2) is 35.0 Å². The van der Waals surface area contributed by atoms with Gasteiger partial charge in [0.15, 0.2) is 0 Å². The fraction of sp³-hybridized carbons (Fsp3) is 0. The molecule has 1 aromatic carbocycles. The Balaban J connectivity index is 2.06. The Bertz CT molecular complexity index is 820. The Morgan fingerprint density at radius 2 is 1.86 bits per heavy atom. The van der Waals surface area contributed by atoms with Crippen molar-refractivity contribution in [2.24, 2.45) is 0 Å². The van der Waals surface area contributed by atoms with E-state index in [1.165, 1.54) is 30.5 Å². The average molecular weight is 343 g/mol. The van der Waals surface area contributed by atoms with Crippen molar-refractivity contribution in [3.05, 3.63) is 45.5 Å². The lowest BCUT2D eigenvalue weighted by molar-refractivity contribution is 0.431. The van der Waals surface area contributed by atoms with Gasteiger partial charge in [0.1, 0.15) is 11.4 Å². The second kappa shape index (κ2) is 5.52. The van der Waals surface area contributed by atoms with E-state index in [0.29, 0.717) is 26.3 Å². The molecule has 0 radical (unpaired) electrons. The van der Waals surface area contributed by atoms with Crippen LogP contribution in [0.2, 0.25) is 15.1 Å². The van der Waals surface area contributed by atoms with Crippen molar-refractivity contribution < 1.29 is 9.63 Å². The molecule has 0 bridgehead atoms. The molecule has 0 saturated carbocycles. The number of rotatable bonds is 2. The molecule has 0 aliphatic heterocycles. The van der Waals surface area contributed by atoms with Crippen molar-refractivity contribution >= 4 is 34.8 Å². The minimum atomic E-state index is 0.0387. The second-order valence-electron chi connectivity index (χ2n) is 4.07. The van der Waals surface area contributed by atoms with E-state index in [0.717, 1.165) is 0 Å². The Morgan fingerprint density at radius 3 is 2.62 bits per heavy atom. The van der Waals surface area contributed by atoms with Crippen LogP contribution in [-0.2, 0) is 0 Å². The molecule has 0 aliphatic rings. The van der Waals surface area contributed by atoms with Crippen molar-refractivity contribution in [2.75, 3.05) is 0 Å². The van der Waals surface area contributed by atoms with Gasteiger partial charge in [0.05, 0.1) is 20.6 Å². The van der Waals surface area contributed by atoms with Crippen LogP contribution in [0.25, 0.3) is 23.0 Å². The van der Waals surface area contributed by atoms with E-state index < -0.39 is 0 Å². The number of phenolic OH excluding ortho intramolecular Hbond substituents is 1. The molecular formula is C13H6Cl3N3O2. The number of nitrogens with zero attached hydrogens (tertiary/aromatic N) is 3. The van der Waals surface area contributed by atoms with E-state index >= 15 is 0 Å². The summed E-state index contributed by atoms with van der Waals surface area (Å²) in [6.07, 6.45) is 1.43. The largest absolute Gasteiger partial charge is 0.508 e. The van der Waals surface area contributed by atoms with Gasteiger partial charge >= 0.3 is 0 Å². The third-order valence-corrected chi connectivity index (χ3v) is 3.45. The van der Waals surface area contributed by atoms with Crippen LogP contribution in [0.4, 0.5) is 0 Å². The summed E-state index contributed by atoms with van der Waals surface area (Å²) in [5.41, 5.74) is 0.757. The van der Waals surface area contributed by atoms with Crippen LogP contribution < -0.4 is 0 Å². The van der Waals surface area contributed by atoms with Crippen LogP contribution in [-0.4, -0.2) is 20.2 Å². The molecule has 2 aromatic heterocycles. The highest BCUT2D eigenvalue weighted by Gasteiger charge is 2.17. The molecule has 0 atom stereocenters. The van der Waals surface area contributed by atoms with Crippen LogP contribution in [0.5, 0.6) is 5.75 Å². The fourth-order valence-corrected chi connectivity index (χ4v) is 2.35. The first kappa shape index (κ1) is 14.1. The number of hydrogen-bond donors (Lipinski definition) is 1. The number of pyridine rings is 1. The summed E-state index contributed by atoms with van der Waals surface area (Å²) in [5.74, 6) is 0.390. The lowest BCUT2D eigenvalue weighted by Gasteiger charge is -1.99. The molecule has 1 N–H and O–H groups in total. The molecule has 2 heterocycles. The summed E-state index contributed by atoms with van der Waals surface area (Å²) in [6.45, 7) is 0. The van der Waals surface area contributed by atoms with Gasteiger partial charge in [-0.15, -0.1) is 0 Å². The molecular weight excluding hydrogens is 337 g/mol. The SMILES string of the molecule is Oc1ccc(Cl)c(-c2nc(-c3ncc(Cl)cc3Cl)no2)c1. The Kier molecular flexibility index (Phi) is 3.71. The Morgan fingerprint density at radius 1 is 1.05 bits per heavy atom. The molecule has 3 aromatic rings. The van der Waals surface area contributed by atoms with Gasteiger partial charge in [-0.05, 0) is 24.3 Å². The van der Waals surface area contributed by atoms with Gasteiger partial charge in [-0.1, -0.05) is 40.0 Å². The average Bonchev–Trinajstić information content (AvgIpc) is 2.91. The van der Waals surface area contributed by atoms with Gasteiger partial charge in [-0.2, -0.15) is 4.98 Å². The van der Waals surface area contributed by atoms with E-state index in [1.54, 1.807) is 0 Å². The zero-order valence-electron chi connectivity index (χ0n) is 10.2. The highest BCUT2D eigenvalue weighted by Crippen LogP contribution is 2.32. The normalized spacial score (nSPS) is 10.8. The lowest BCUT2D eigenvalue weighted by Crippen LogP contribution is -1.87. The van der Waals surface area contributed by atoms with Gasteiger partial charge in [0.2, 0.25) is 5.82 Å². The number of hydrogen-bond acceptors (Lipinski definition) is 5. The molecule has 0 fully saturated rings.